The second-order valence-electron chi connectivity index (χ2n) is 5.11. The normalized spacial score (nSPS) is 19.0. The fraction of sp³-hybridized carbons (Fsp3) is 0.571. The van der Waals surface area contributed by atoms with E-state index in [-0.39, 0.29) is 11.0 Å². The van der Waals surface area contributed by atoms with E-state index in [1.807, 2.05) is 7.05 Å². The highest BCUT2D eigenvalue weighted by Crippen LogP contribution is 2.21. The van der Waals surface area contributed by atoms with Gasteiger partial charge in [0, 0.05) is 24.7 Å². The topological polar surface area (TPSA) is 67.4 Å². The lowest BCUT2D eigenvalue weighted by Gasteiger charge is -2.11. The maximum Gasteiger partial charge on any atom is 0.240 e. The Morgan fingerprint density at radius 2 is 2.24 bits per heavy atom. The van der Waals surface area contributed by atoms with Crippen LogP contribution in [-0.2, 0) is 21.3 Å². The van der Waals surface area contributed by atoms with Crippen molar-refractivity contribution in [3.05, 3.63) is 28.8 Å². The van der Waals surface area contributed by atoms with Crippen molar-refractivity contribution in [1.82, 2.24) is 10.0 Å². The molecule has 1 aliphatic heterocycles. The molecule has 0 radical (unpaired) electrons. The minimum Gasteiger partial charge on any atom is -0.378 e. The number of sulfonamides is 1. The van der Waals surface area contributed by atoms with Gasteiger partial charge in [-0.3, -0.25) is 0 Å². The quantitative estimate of drug-likeness (QED) is 0.800. The first-order valence-corrected chi connectivity index (χ1v) is 8.93. The molecular weight excluding hydrogens is 312 g/mol. The summed E-state index contributed by atoms with van der Waals surface area (Å²) in [5, 5.41) is 3.44. The van der Waals surface area contributed by atoms with Crippen LogP contribution >= 0.6 is 11.6 Å². The highest BCUT2D eigenvalue weighted by Gasteiger charge is 2.18. The van der Waals surface area contributed by atoms with Gasteiger partial charge in [-0.2, -0.15) is 0 Å². The summed E-state index contributed by atoms with van der Waals surface area (Å²) in [7, 11) is -1.70. The van der Waals surface area contributed by atoms with Gasteiger partial charge >= 0.3 is 0 Å². The van der Waals surface area contributed by atoms with Crippen LogP contribution in [0.1, 0.15) is 24.8 Å². The molecular formula is C14H21ClN2O3S. The molecule has 118 valence electrons. The lowest BCUT2D eigenvalue weighted by Crippen LogP contribution is -2.27. The lowest BCUT2D eigenvalue weighted by atomic mass is 10.2. The summed E-state index contributed by atoms with van der Waals surface area (Å²) in [5.41, 5.74) is 0.873. The summed E-state index contributed by atoms with van der Waals surface area (Å²) in [6, 6.07) is 4.79. The monoisotopic (exact) mass is 332 g/mol. The van der Waals surface area contributed by atoms with Crippen LogP contribution in [0, 0.1) is 0 Å². The first kappa shape index (κ1) is 16.7. The van der Waals surface area contributed by atoms with Gasteiger partial charge in [0.1, 0.15) is 0 Å². The summed E-state index contributed by atoms with van der Waals surface area (Å²) in [6.45, 7) is 1.76. The number of halogens is 1. The van der Waals surface area contributed by atoms with E-state index in [2.05, 4.69) is 10.0 Å². The Bertz CT molecular complexity index is 572. The SMILES string of the molecule is CNCc1ccc(S(=O)(=O)NCCC2CCCO2)cc1Cl. The molecule has 2 rings (SSSR count). The van der Waals surface area contributed by atoms with Crippen LogP contribution in [0.15, 0.2) is 23.1 Å². The van der Waals surface area contributed by atoms with Crippen LogP contribution in [0.5, 0.6) is 0 Å². The van der Waals surface area contributed by atoms with E-state index in [0.29, 0.717) is 24.5 Å². The molecule has 0 saturated carbocycles. The first-order chi connectivity index (χ1) is 10.0. The maximum atomic E-state index is 12.2. The highest BCUT2D eigenvalue weighted by atomic mass is 35.5. The molecule has 1 fully saturated rings. The van der Waals surface area contributed by atoms with Crippen LogP contribution in [-0.4, -0.2) is 34.7 Å². The predicted octanol–water partition coefficient (Wildman–Crippen LogP) is 1.91. The molecule has 1 aromatic rings. The maximum absolute atomic E-state index is 12.2. The Morgan fingerprint density at radius 1 is 1.43 bits per heavy atom. The summed E-state index contributed by atoms with van der Waals surface area (Å²) in [4.78, 5) is 0.194. The molecule has 1 saturated heterocycles. The molecule has 7 heteroatoms. The number of benzene rings is 1. The van der Waals surface area contributed by atoms with Crippen LogP contribution in [0.4, 0.5) is 0 Å². The van der Waals surface area contributed by atoms with Gasteiger partial charge in [0.15, 0.2) is 0 Å². The van der Waals surface area contributed by atoms with Gasteiger partial charge in [0.05, 0.1) is 11.0 Å². The molecule has 0 spiro atoms. The van der Waals surface area contributed by atoms with Crippen molar-refractivity contribution in [3.8, 4) is 0 Å². The predicted molar refractivity (Wildman–Crippen MR) is 83.0 cm³/mol. The fourth-order valence-electron chi connectivity index (χ4n) is 2.34. The zero-order valence-electron chi connectivity index (χ0n) is 12.1. The van der Waals surface area contributed by atoms with Gasteiger partial charge in [0.25, 0.3) is 0 Å². The summed E-state index contributed by atoms with van der Waals surface area (Å²) in [5.74, 6) is 0. The fourth-order valence-corrected chi connectivity index (χ4v) is 3.72. The van der Waals surface area contributed by atoms with Crippen LogP contribution in [0.25, 0.3) is 0 Å². The molecule has 0 aromatic heterocycles. The van der Waals surface area contributed by atoms with Crippen molar-refractivity contribution in [2.75, 3.05) is 20.2 Å². The smallest absolute Gasteiger partial charge is 0.240 e. The van der Waals surface area contributed by atoms with E-state index in [1.165, 1.54) is 6.07 Å². The molecule has 1 heterocycles. The van der Waals surface area contributed by atoms with Crippen LogP contribution in [0.2, 0.25) is 5.02 Å². The Morgan fingerprint density at radius 3 is 2.86 bits per heavy atom. The van der Waals surface area contributed by atoms with Gasteiger partial charge in [-0.25, -0.2) is 13.1 Å². The number of nitrogens with one attached hydrogen (secondary N) is 2. The van der Waals surface area contributed by atoms with Crippen molar-refractivity contribution < 1.29 is 13.2 Å². The van der Waals surface area contributed by atoms with Gasteiger partial charge in [-0.05, 0) is 44.0 Å². The number of hydrogen-bond donors (Lipinski definition) is 2. The standard InChI is InChI=1S/C14H21ClN2O3S/c1-16-10-11-4-5-13(9-14(11)15)21(18,19)17-7-6-12-3-2-8-20-12/h4-5,9,12,16-17H,2-3,6-8,10H2,1H3. The zero-order chi connectivity index (χ0) is 15.3. The van der Waals surface area contributed by atoms with Crippen molar-refractivity contribution in [3.63, 3.8) is 0 Å². The third-order valence-electron chi connectivity index (χ3n) is 3.48. The average molecular weight is 333 g/mol. The minimum absolute atomic E-state index is 0.175. The second kappa shape index (κ2) is 7.56. The van der Waals surface area contributed by atoms with Gasteiger partial charge in [-0.15, -0.1) is 0 Å². The van der Waals surface area contributed by atoms with E-state index >= 15 is 0 Å². The van der Waals surface area contributed by atoms with Gasteiger partial charge in [0.2, 0.25) is 10.0 Å². The Balaban J connectivity index is 1.96. The van der Waals surface area contributed by atoms with Crippen molar-refractivity contribution in [2.24, 2.45) is 0 Å². The molecule has 0 aliphatic carbocycles. The largest absolute Gasteiger partial charge is 0.378 e. The molecule has 0 bridgehead atoms. The molecule has 21 heavy (non-hydrogen) atoms. The van der Waals surface area contributed by atoms with Crippen molar-refractivity contribution >= 4 is 21.6 Å². The first-order valence-electron chi connectivity index (χ1n) is 7.07. The molecule has 5 nitrogen and oxygen atoms in total. The Hall–Kier alpha value is -0.660. The third kappa shape index (κ3) is 4.66. The Kier molecular flexibility index (Phi) is 6.01. The number of hydrogen-bond acceptors (Lipinski definition) is 4. The van der Waals surface area contributed by atoms with Gasteiger partial charge < -0.3 is 10.1 Å². The van der Waals surface area contributed by atoms with E-state index in [4.69, 9.17) is 16.3 Å². The molecule has 0 amide bonds. The zero-order valence-corrected chi connectivity index (χ0v) is 13.6. The molecule has 1 atom stereocenters. The summed E-state index contributed by atoms with van der Waals surface area (Å²) < 4.78 is 32.5. The summed E-state index contributed by atoms with van der Waals surface area (Å²) >= 11 is 6.10. The minimum atomic E-state index is -3.52. The lowest BCUT2D eigenvalue weighted by molar-refractivity contribution is 0.105. The van der Waals surface area contributed by atoms with Crippen molar-refractivity contribution in [1.29, 1.82) is 0 Å². The molecule has 1 aromatic carbocycles. The molecule has 1 unspecified atom stereocenters. The molecule has 2 N–H and O–H groups in total. The average Bonchev–Trinajstić information content (AvgIpc) is 2.94. The van der Waals surface area contributed by atoms with E-state index in [9.17, 15) is 8.42 Å². The Labute approximate surface area is 131 Å². The second-order valence-corrected chi connectivity index (χ2v) is 7.28. The summed E-state index contributed by atoms with van der Waals surface area (Å²) in [6.07, 6.45) is 2.94. The number of rotatable bonds is 7. The van der Waals surface area contributed by atoms with Crippen molar-refractivity contribution in [2.45, 2.75) is 36.8 Å². The van der Waals surface area contributed by atoms with E-state index in [0.717, 1.165) is 25.0 Å². The number of ether oxygens (including phenoxy) is 1. The van der Waals surface area contributed by atoms with Gasteiger partial charge in [-0.1, -0.05) is 17.7 Å². The van der Waals surface area contributed by atoms with Crippen LogP contribution < -0.4 is 10.0 Å². The third-order valence-corrected chi connectivity index (χ3v) is 5.29. The molecule has 1 aliphatic rings. The van der Waals surface area contributed by atoms with E-state index < -0.39 is 10.0 Å². The highest BCUT2D eigenvalue weighted by molar-refractivity contribution is 7.89. The van der Waals surface area contributed by atoms with Crippen LogP contribution in [0.3, 0.4) is 0 Å². The van der Waals surface area contributed by atoms with E-state index in [1.54, 1.807) is 12.1 Å².